The number of nitrogens with zero attached hydrogens (tertiary/aromatic N) is 1. The summed E-state index contributed by atoms with van der Waals surface area (Å²) in [6.07, 6.45) is 4.20. The van der Waals surface area contributed by atoms with Gasteiger partial charge in [-0.1, -0.05) is 19.1 Å². The zero-order valence-electron chi connectivity index (χ0n) is 12.6. The molecule has 114 valence electrons. The fourth-order valence-corrected chi connectivity index (χ4v) is 3.56. The molecular formula is C17H24N2O2. The van der Waals surface area contributed by atoms with Gasteiger partial charge < -0.3 is 15.4 Å². The van der Waals surface area contributed by atoms with Crippen LogP contribution < -0.4 is 5.73 Å². The Morgan fingerprint density at radius 2 is 2.14 bits per heavy atom. The zero-order chi connectivity index (χ0) is 14.8. The summed E-state index contributed by atoms with van der Waals surface area (Å²) in [5.41, 5.74) is 7.65. The second-order valence-corrected chi connectivity index (χ2v) is 6.27. The van der Waals surface area contributed by atoms with E-state index in [9.17, 15) is 4.79 Å². The van der Waals surface area contributed by atoms with Crippen LogP contribution in [0.2, 0.25) is 0 Å². The highest BCUT2D eigenvalue weighted by molar-refractivity contribution is 5.77. The normalized spacial score (nSPS) is 26.4. The lowest BCUT2D eigenvalue weighted by Crippen LogP contribution is -2.51. The Hall–Kier alpha value is -1.55. The Labute approximate surface area is 126 Å². The van der Waals surface area contributed by atoms with Crippen molar-refractivity contribution in [3.8, 4) is 0 Å². The monoisotopic (exact) mass is 288 g/mol. The van der Waals surface area contributed by atoms with Crippen LogP contribution in [0.4, 0.5) is 5.69 Å². The van der Waals surface area contributed by atoms with E-state index in [1.807, 2.05) is 24.3 Å². The topological polar surface area (TPSA) is 55.6 Å². The fraction of sp³-hybridized carbons (Fsp3) is 0.588. The van der Waals surface area contributed by atoms with Crippen LogP contribution in [0.5, 0.6) is 0 Å². The van der Waals surface area contributed by atoms with Crippen LogP contribution in [-0.4, -0.2) is 36.1 Å². The average molecular weight is 288 g/mol. The van der Waals surface area contributed by atoms with Crippen molar-refractivity contribution in [1.29, 1.82) is 0 Å². The molecule has 1 aromatic carbocycles. The third kappa shape index (κ3) is 3.05. The van der Waals surface area contributed by atoms with Gasteiger partial charge in [0, 0.05) is 18.7 Å². The molecule has 0 spiro atoms. The number of nitrogens with two attached hydrogens (primary N) is 1. The summed E-state index contributed by atoms with van der Waals surface area (Å²) in [6.45, 7) is 3.54. The van der Waals surface area contributed by atoms with Gasteiger partial charge in [-0.05, 0) is 42.9 Å². The number of hydrogen-bond donors (Lipinski definition) is 1. The van der Waals surface area contributed by atoms with Gasteiger partial charge in [-0.15, -0.1) is 0 Å². The number of amides is 1. The number of hydrogen-bond acceptors (Lipinski definition) is 3. The second kappa shape index (κ2) is 6.06. The molecule has 0 aromatic heterocycles. The Morgan fingerprint density at radius 1 is 1.38 bits per heavy atom. The van der Waals surface area contributed by atoms with Crippen molar-refractivity contribution in [2.75, 3.05) is 18.9 Å². The minimum atomic E-state index is 0.223. The summed E-state index contributed by atoms with van der Waals surface area (Å²) < 4.78 is 5.78. The molecule has 1 amide bonds. The standard InChI is InChI=1S/C17H24N2O2/c1-12(13-5-7-14(18)8-6-13)11-17(20)19-9-10-21-16-4-2-3-15(16)19/h5-8,12,15-16H,2-4,9-11,18H2,1H3. The first-order valence-corrected chi connectivity index (χ1v) is 7.91. The second-order valence-electron chi connectivity index (χ2n) is 6.27. The molecule has 1 aliphatic heterocycles. The molecule has 4 heteroatoms. The lowest BCUT2D eigenvalue weighted by Gasteiger charge is -2.38. The maximum atomic E-state index is 12.6. The predicted octanol–water partition coefficient (Wildman–Crippen LogP) is 2.54. The first kappa shape index (κ1) is 14.4. The van der Waals surface area contributed by atoms with Crippen LogP contribution in [0.3, 0.4) is 0 Å². The Kier molecular flexibility index (Phi) is 4.15. The third-order valence-electron chi connectivity index (χ3n) is 4.79. The van der Waals surface area contributed by atoms with Gasteiger partial charge >= 0.3 is 0 Å². The van der Waals surface area contributed by atoms with Gasteiger partial charge in [0.05, 0.1) is 18.8 Å². The molecule has 0 radical (unpaired) electrons. The van der Waals surface area contributed by atoms with E-state index in [1.165, 1.54) is 12.0 Å². The Bertz CT molecular complexity index is 500. The molecule has 21 heavy (non-hydrogen) atoms. The van der Waals surface area contributed by atoms with E-state index in [2.05, 4.69) is 11.8 Å². The van der Waals surface area contributed by atoms with Gasteiger partial charge in [0.25, 0.3) is 0 Å². The molecule has 3 atom stereocenters. The fourth-order valence-electron chi connectivity index (χ4n) is 3.56. The van der Waals surface area contributed by atoms with Crippen molar-refractivity contribution < 1.29 is 9.53 Å². The molecule has 1 heterocycles. The summed E-state index contributed by atoms with van der Waals surface area (Å²) >= 11 is 0. The number of carbonyl (C=O) groups excluding carboxylic acids is 1. The van der Waals surface area contributed by atoms with Gasteiger partial charge in [0.1, 0.15) is 0 Å². The van der Waals surface area contributed by atoms with Gasteiger partial charge in [-0.2, -0.15) is 0 Å². The summed E-state index contributed by atoms with van der Waals surface area (Å²) in [7, 11) is 0. The number of carbonyl (C=O) groups is 1. The van der Waals surface area contributed by atoms with E-state index in [1.54, 1.807) is 0 Å². The van der Waals surface area contributed by atoms with E-state index < -0.39 is 0 Å². The van der Waals surface area contributed by atoms with Crippen molar-refractivity contribution >= 4 is 11.6 Å². The smallest absolute Gasteiger partial charge is 0.223 e. The minimum Gasteiger partial charge on any atom is -0.399 e. The van der Waals surface area contributed by atoms with Crippen LogP contribution in [-0.2, 0) is 9.53 Å². The molecule has 2 aliphatic rings. The SMILES string of the molecule is CC(CC(=O)N1CCOC2CCCC21)c1ccc(N)cc1. The number of fused-ring (bicyclic) bond motifs is 1. The lowest BCUT2D eigenvalue weighted by atomic mass is 9.96. The van der Waals surface area contributed by atoms with E-state index in [-0.39, 0.29) is 17.9 Å². The predicted molar refractivity (Wildman–Crippen MR) is 83.0 cm³/mol. The number of ether oxygens (including phenoxy) is 1. The quantitative estimate of drug-likeness (QED) is 0.870. The number of nitrogen functional groups attached to an aromatic ring is 1. The Morgan fingerprint density at radius 3 is 2.90 bits per heavy atom. The first-order valence-electron chi connectivity index (χ1n) is 7.91. The summed E-state index contributed by atoms with van der Waals surface area (Å²) in [5.74, 6) is 0.486. The minimum absolute atomic E-state index is 0.223. The van der Waals surface area contributed by atoms with E-state index >= 15 is 0 Å². The maximum Gasteiger partial charge on any atom is 0.223 e. The van der Waals surface area contributed by atoms with Gasteiger partial charge in [0.15, 0.2) is 0 Å². The highest BCUT2D eigenvalue weighted by Crippen LogP contribution is 2.31. The first-order chi connectivity index (χ1) is 10.1. The highest BCUT2D eigenvalue weighted by Gasteiger charge is 2.38. The van der Waals surface area contributed by atoms with Gasteiger partial charge in [-0.25, -0.2) is 0 Å². The van der Waals surface area contributed by atoms with Crippen LogP contribution in [0.15, 0.2) is 24.3 Å². The van der Waals surface area contributed by atoms with Crippen LogP contribution >= 0.6 is 0 Å². The van der Waals surface area contributed by atoms with Crippen molar-refractivity contribution in [2.24, 2.45) is 0 Å². The summed E-state index contributed by atoms with van der Waals surface area (Å²) in [5, 5.41) is 0. The molecule has 1 saturated heterocycles. The van der Waals surface area contributed by atoms with Crippen molar-refractivity contribution in [1.82, 2.24) is 4.90 Å². The molecule has 2 fully saturated rings. The molecular weight excluding hydrogens is 264 g/mol. The van der Waals surface area contributed by atoms with Crippen LogP contribution in [0.25, 0.3) is 0 Å². The van der Waals surface area contributed by atoms with Crippen LogP contribution in [0.1, 0.15) is 44.1 Å². The molecule has 1 saturated carbocycles. The highest BCUT2D eigenvalue weighted by atomic mass is 16.5. The molecule has 3 rings (SSSR count). The number of morpholine rings is 1. The van der Waals surface area contributed by atoms with Crippen molar-refractivity contribution in [3.63, 3.8) is 0 Å². The van der Waals surface area contributed by atoms with Gasteiger partial charge in [-0.3, -0.25) is 4.79 Å². The summed E-state index contributed by atoms with van der Waals surface area (Å²) in [4.78, 5) is 14.7. The molecule has 1 aromatic rings. The van der Waals surface area contributed by atoms with E-state index in [0.29, 0.717) is 19.1 Å². The Balaban J connectivity index is 1.64. The van der Waals surface area contributed by atoms with E-state index in [0.717, 1.165) is 25.1 Å². The average Bonchev–Trinajstić information content (AvgIpc) is 2.96. The summed E-state index contributed by atoms with van der Waals surface area (Å²) in [6, 6.07) is 8.15. The molecule has 2 N–H and O–H groups in total. The number of anilines is 1. The molecule has 1 aliphatic carbocycles. The maximum absolute atomic E-state index is 12.6. The lowest BCUT2D eigenvalue weighted by molar-refractivity contribution is -0.144. The molecule has 0 bridgehead atoms. The van der Waals surface area contributed by atoms with Crippen LogP contribution in [0, 0.1) is 0 Å². The molecule has 4 nitrogen and oxygen atoms in total. The number of benzene rings is 1. The van der Waals surface area contributed by atoms with E-state index in [4.69, 9.17) is 10.5 Å². The molecule has 3 unspecified atom stereocenters. The van der Waals surface area contributed by atoms with Gasteiger partial charge in [0.2, 0.25) is 5.91 Å². The van der Waals surface area contributed by atoms with Crippen molar-refractivity contribution in [3.05, 3.63) is 29.8 Å². The largest absolute Gasteiger partial charge is 0.399 e. The zero-order valence-corrected chi connectivity index (χ0v) is 12.6. The third-order valence-corrected chi connectivity index (χ3v) is 4.79. The van der Waals surface area contributed by atoms with Crippen molar-refractivity contribution in [2.45, 2.75) is 50.7 Å². The number of rotatable bonds is 3.